The minimum absolute atomic E-state index is 0.331. The third-order valence-corrected chi connectivity index (χ3v) is 2.69. The minimum atomic E-state index is 0.331. The van der Waals surface area contributed by atoms with Gasteiger partial charge in [0.15, 0.2) is 5.78 Å². The Morgan fingerprint density at radius 3 is 2.08 bits per heavy atom. The van der Waals surface area contributed by atoms with Crippen LogP contribution in [0, 0.1) is 5.92 Å². The summed E-state index contributed by atoms with van der Waals surface area (Å²) in [4.78, 5) is 11.7. The van der Waals surface area contributed by atoms with Crippen molar-refractivity contribution in [3.8, 4) is 0 Å². The van der Waals surface area contributed by atoms with Crippen molar-refractivity contribution >= 4 is 5.78 Å². The Labute approximate surface area is 81.2 Å². The Hall–Kier alpha value is -0.590. The van der Waals surface area contributed by atoms with Gasteiger partial charge in [-0.15, -0.1) is 0 Å². The summed E-state index contributed by atoms with van der Waals surface area (Å²) in [6, 6.07) is 0. The van der Waals surface area contributed by atoms with Gasteiger partial charge in [0.25, 0.3) is 0 Å². The van der Waals surface area contributed by atoms with Crippen LogP contribution >= 0.6 is 0 Å². The molecule has 1 heteroatoms. The zero-order valence-corrected chi connectivity index (χ0v) is 8.81. The largest absolute Gasteiger partial charge is 0.295 e. The average Bonchev–Trinajstić information content (AvgIpc) is 2.29. The van der Waals surface area contributed by atoms with Crippen LogP contribution in [0.5, 0.6) is 0 Å². The van der Waals surface area contributed by atoms with Gasteiger partial charge in [0.05, 0.1) is 0 Å². The Bertz CT molecular complexity index is 191. The molecule has 1 aliphatic carbocycles. The van der Waals surface area contributed by atoms with Gasteiger partial charge in [-0.2, -0.15) is 0 Å². The van der Waals surface area contributed by atoms with Crippen molar-refractivity contribution in [2.75, 3.05) is 0 Å². The van der Waals surface area contributed by atoms with Crippen molar-refractivity contribution in [3.63, 3.8) is 0 Å². The number of carbonyl (C=O) groups is 1. The predicted molar refractivity (Wildman–Crippen MR) is 55.6 cm³/mol. The Balaban J connectivity index is 2.49. The number of carbonyl (C=O) groups excluding carboxylic acids is 1. The van der Waals surface area contributed by atoms with E-state index in [9.17, 15) is 4.79 Å². The average molecular weight is 180 g/mol. The number of rotatable bonds is 2. The zero-order chi connectivity index (χ0) is 9.68. The zero-order valence-electron chi connectivity index (χ0n) is 8.81. The van der Waals surface area contributed by atoms with Crippen molar-refractivity contribution in [3.05, 3.63) is 11.6 Å². The van der Waals surface area contributed by atoms with Crippen molar-refractivity contribution in [2.45, 2.75) is 52.4 Å². The molecular formula is C12H20O. The summed E-state index contributed by atoms with van der Waals surface area (Å²) in [5, 5.41) is 0. The summed E-state index contributed by atoms with van der Waals surface area (Å²) in [7, 11) is 0. The van der Waals surface area contributed by atoms with Crippen LogP contribution in [-0.4, -0.2) is 5.78 Å². The quantitative estimate of drug-likeness (QED) is 0.469. The van der Waals surface area contributed by atoms with Gasteiger partial charge in [-0.25, -0.2) is 0 Å². The first-order valence-corrected chi connectivity index (χ1v) is 5.39. The van der Waals surface area contributed by atoms with E-state index in [4.69, 9.17) is 0 Å². The van der Waals surface area contributed by atoms with Crippen LogP contribution < -0.4 is 0 Å². The lowest BCUT2D eigenvalue weighted by Gasteiger charge is -2.09. The molecule has 0 amide bonds. The maximum absolute atomic E-state index is 11.7. The smallest absolute Gasteiger partial charge is 0.158 e. The molecule has 0 aromatic carbocycles. The Morgan fingerprint density at radius 1 is 1.08 bits per heavy atom. The highest BCUT2D eigenvalue weighted by molar-refractivity contribution is 5.92. The second-order valence-electron chi connectivity index (χ2n) is 4.31. The van der Waals surface area contributed by atoms with Crippen molar-refractivity contribution < 1.29 is 4.79 Å². The van der Waals surface area contributed by atoms with E-state index in [2.05, 4.69) is 0 Å². The summed E-state index contributed by atoms with van der Waals surface area (Å²) < 4.78 is 0. The second kappa shape index (κ2) is 5.21. The third-order valence-electron chi connectivity index (χ3n) is 2.69. The van der Waals surface area contributed by atoms with E-state index < -0.39 is 0 Å². The molecule has 1 fully saturated rings. The van der Waals surface area contributed by atoms with Gasteiger partial charge in [-0.05, 0) is 32.8 Å². The van der Waals surface area contributed by atoms with Crippen LogP contribution in [0.4, 0.5) is 0 Å². The van der Waals surface area contributed by atoms with Crippen LogP contribution in [0.1, 0.15) is 52.4 Å². The molecule has 0 atom stereocenters. The lowest BCUT2D eigenvalue weighted by Crippen LogP contribution is -2.11. The van der Waals surface area contributed by atoms with Gasteiger partial charge in [-0.3, -0.25) is 4.79 Å². The summed E-state index contributed by atoms with van der Waals surface area (Å²) >= 11 is 0. The van der Waals surface area contributed by atoms with Crippen LogP contribution in [0.25, 0.3) is 0 Å². The van der Waals surface area contributed by atoms with Crippen molar-refractivity contribution in [2.24, 2.45) is 5.92 Å². The van der Waals surface area contributed by atoms with E-state index >= 15 is 0 Å². The number of ketones is 1. The first-order chi connectivity index (χ1) is 6.20. The van der Waals surface area contributed by atoms with Gasteiger partial charge >= 0.3 is 0 Å². The summed E-state index contributed by atoms with van der Waals surface area (Å²) in [6.45, 7) is 3.99. The van der Waals surface area contributed by atoms with Gasteiger partial charge in [0.2, 0.25) is 0 Å². The molecule has 13 heavy (non-hydrogen) atoms. The Kier molecular flexibility index (Phi) is 4.20. The molecule has 0 N–H and O–H groups in total. The molecule has 0 aromatic heterocycles. The van der Waals surface area contributed by atoms with E-state index in [0.29, 0.717) is 11.7 Å². The fraction of sp³-hybridized carbons (Fsp3) is 0.750. The minimum Gasteiger partial charge on any atom is -0.295 e. The summed E-state index contributed by atoms with van der Waals surface area (Å²) in [5.41, 5.74) is 1.13. The van der Waals surface area contributed by atoms with Crippen molar-refractivity contribution in [1.29, 1.82) is 0 Å². The van der Waals surface area contributed by atoms with Crippen LogP contribution in [-0.2, 0) is 4.79 Å². The number of allylic oxidation sites excluding steroid dienone is 2. The fourth-order valence-corrected chi connectivity index (χ4v) is 1.97. The first-order valence-electron chi connectivity index (χ1n) is 5.39. The van der Waals surface area contributed by atoms with Crippen molar-refractivity contribution in [1.82, 2.24) is 0 Å². The molecule has 0 spiro atoms. The van der Waals surface area contributed by atoms with E-state index in [1.165, 1.54) is 25.7 Å². The SMILES string of the molecule is CC(C)=CC(=O)C1CCCCCC1. The maximum Gasteiger partial charge on any atom is 0.158 e. The highest BCUT2D eigenvalue weighted by Crippen LogP contribution is 2.24. The third kappa shape index (κ3) is 3.75. The summed E-state index contributed by atoms with van der Waals surface area (Å²) in [6.07, 6.45) is 9.17. The van der Waals surface area contributed by atoms with Crippen LogP contribution in [0.2, 0.25) is 0 Å². The molecule has 1 rings (SSSR count). The highest BCUT2D eigenvalue weighted by atomic mass is 16.1. The number of hydrogen-bond acceptors (Lipinski definition) is 1. The van der Waals surface area contributed by atoms with E-state index in [1.54, 1.807) is 0 Å². The molecule has 1 nitrogen and oxygen atoms in total. The molecule has 74 valence electrons. The van der Waals surface area contributed by atoms with Gasteiger partial charge in [0, 0.05) is 5.92 Å². The molecule has 0 aromatic rings. The normalized spacial score (nSPS) is 19.2. The monoisotopic (exact) mass is 180 g/mol. The molecule has 0 saturated heterocycles. The topological polar surface area (TPSA) is 17.1 Å². The standard InChI is InChI=1S/C12H20O/c1-10(2)9-12(13)11-7-5-3-4-6-8-11/h9,11H,3-8H2,1-2H3. The second-order valence-corrected chi connectivity index (χ2v) is 4.31. The molecule has 0 bridgehead atoms. The molecule has 0 heterocycles. The highest BCUT2D eigenvalue weighted by Gasteiger charge is 2.17. The molecule has 1 saturated carbocycles. The van der Waals surface area contributed by atoms with E-state index in [-0.39, 0.29) is 0 Å². The molecular weight excluding hydrogens is 160 g/mol. The summed E-state index contributed by atoms with van der Waals surface area (Å²) in [5.74, 6) is 0.694. The van der Waals surface area contributed by atoms with Crippen LogP contribution in [0.3, 0.4) is 0 Å². The lowest BCUT2D eigenvalue weighted by molar-refractivity contribution is -0.118. The van der Waals surface area contributed by atoms with E-state index in [1.807, 2.05) is 19.9 Å². The van der Waals surface area contributed by atoms with Gasteiger partial charge in [0.1, 0.15) is 0 Å². The predicted octanol–water partition coefficient (Wildman–Crippen LogP) is 3.49. The van der Waals surface area contributed by atoms with Gasteiger partial charge in [-0.1, -0.05) is 31.3 Å². The number of hydrogen-bond donors (Lipinski definition) is 0. The van der Waals surface area contributed by atoms with Gasteiger partial charge < -0.3 is 0 Å². The first kappa shape index (κ1) is 10.5. The molecule has 0 radical (unpaired) electrons. The molecule has 1 aliphatic rings. The van der Waals surface area contributed by atoms with E-state index in [0.717, 1.165) is 18.4 Å². The maximum atomic E-state index is 11.7. The Morgan fingerprint density at radius 2 is 1.62 bits per heavy atom. The fourth-order valence-electron chi connectivity index (χ4n) is 1.97. The molecule has 0 aliphatic heterocycles. The molecule has 0 unspecified atom stereocenters. The lowest BCUT2D eigenvalue weighted by atomic mass is 9.94. The van der Waals surface area contributed by atoms with Crippen LogP contribution in [0.15, 0.2) is 11.6 Å².